The van der Waals surface area contributed by atoms with Crippen LogP contribution in [0.1, 0.15) is 87.9 Å². The monoisotopic (exact) mass is 340 g/mol. The summed E-state index contributed by atoms with van der Waals surface area (Å²) in [7, 11) is 0. The zero-order valence-electron chi connectivity index (χ0n) is 15.6. The highest BCUT2D eigenvalue weighted by Crippen LogP contribution is 2.38. The molecule has 1 heterocycles. The zero-order valence-corrected chi connectivity index (χ0v) is 15.6. The number of aliphatic hydroxyl groups excluding tert-OH is 1. The molecule has 0 aliphatic heterocycles. The largest absolute Gasteiger partial charge is 0.396 e. The van der Waals surface area contributed by atoms with Gasteiger partial charge in [0.2, 0.25) is 0 Å². The van der Waals surface area contributed by atoms with Gasteiger partial charge >= 0.3 is 0 Å². The molecule has 0 saturated heterocycles. The Morgan fingerprint density at radius 2 is 1.80 bits per heavy atom. The average molecular weight is 341 g/mol. The van der Waals surface area contributed by atoms with Crippen molar-refractivity contribution in [3.05, 3.63) is 29.5 Å². The average Bonchev–Trinajstić information content (AvgIpc) is 3.07. The maximum Gasteiger partial charge on any atom is 0.0700 e. The molecule has 25 heavy (non-hydrogen) atoms. The normalized spacial score (nSPS) is 25.5. The van der Waals surface area contributed by atoms with E-state index in [4.69, 9.17) is 5.10 Å². The Morgan fingerprint density at radius 3 is 2.48 bits per heavy atom. The van der Waals surface area contributed by atoms with Crippen LogP contribution in [0.5, 0.6) is 0 Å². The fourth-order valence-electron chi connectivity index (χ4n) is 5.02. The van der Waals surface area contributed by atoms with E-state index in [0.717, 1.165) is 6.42 Å². The molecule has 0 spiro atoms. The molecule has 2 saturated carbocycles. The minimum atomic E-state index is 0.361. The second-order valence-electron chi connectivity index (χ2n) is 8.21. The smallest absolute Gasteiger partial charge is 0.0700 e. The molecule has 2 aromatic rings. The lowest BCUT2D eigenvalue weighted by atomic mass is 9.79. The summed E-state index contributed by atoms with van der Waals surface area (Å²) in [4.78, 5) is 0. The van der Waals surface area contributed by atoms with Gasteiger partial charge in [0, 0.05) is 12.0 Å². The molecule has 0 radical (unpaired) electrons. The van der Waals surface area contributed by atoms with Crippen molar-refractivity contribution in [2.45, 2.75) is 83.1 Å². The number of hydrogen-bond donors (Lipinski definition) is 1. The number of hydrogen-bond acceptors (Lipinski definition) is 2. The second kappa shape index (κ2) is 7.49. The molecule has 2 fully saturated rings. The summed E-state index contributed by atoms with van der Waals surface area (Å²) in [5.74, 6) is 1.19. The maximum atomic E-state index is 9.39. The molecular weight excluding hydrogens is 308 g/mol. The number of aryl methyl sites for hydroxylation is 1. The number of nitrogens with zero attached hydrogens (tertiary/aromatic N) is 2. The van der Waals surface area contributed by atoms with Crippen LogP contribution < -0.4 is 0 Å². The predicted molar refractivity (Wildman–Crippen MR) is 103 cm³/mol. The van der Waals surface area contributed by atoms with E-state index in [1.807, 2.05) is 0 Å². The van der Waals surface area contributed by atoms with Gasteiger partial charge in [0.05, 0.1) is 17.3 Å². The fraction of sp³-hybridized carbons (Fsp3) is 0.682. The lowest BCUT2D eigenvalue weighted by molar-refractivity contribution is 0.182. The van der Waals surface area contributed by atoms with Crippen molar-refractivity contribution < 1.29 is 5.11 Å². The Bertz CT molecular complexity index is 706. The Balaban J connectivity index is 1.66. The van der Waals surface area contributed by atoms with E-state index < -0.39 is 0 Å². The van der Waals surface area contributed by atoms with Gasteiger partial charge in [-0.3, -0.25) is 4.68 Å². The molecule has 1 aromatic carbocycles. The highest BCUT2D eigenvalue weighted by Gasteiger charge is 2.24. The zero-order chi connectivity index (χ0) is 17.2. The molecule has 1 aromatic heterocycles. The van der Waals surface area contributed by atoms with Gasteiger partial charge in [0.25, 0.3) is 0 Å². The van der Waals surface area contributed by atoms with Crippen molar-refractivity contribution in [2.75, 3.05) is 6.61 Å². The molecule has 0 bridgehead atoms. The Labute approximate surface area is 151 Å². The molecule has 136 valence electrons. The summed E-state index contributed by atoms with van der Waals surface area (Å²) in [6, 6.07) is 7.71. The second-order valence-corrected chi connectivity index (χ2v) is 8.21. The van der Waals surface area contributed by atoms with E-state index in [9.17, 15) is 5.11 Å². The molecule has 1 N–H and O–H groups in total. The summed E-state index contributed by atoms with van der Waals surface area (Å²) in [6.07, 6.45) is 12.4. The summed E-state index contributed by atoms with van der Waals surface area (Å²) >= 11 is 0. The third-order valence-corrected chi connectivity index (χ3v) is 6.64. The molecule has 3 heteroatoms. The van der Waals surface area contributed by atoms with Gasteiger partial charge in [-0.1, -0.05) is 38.3 Å². The highest BCUT2D eigenvalue weighted by atomic mass is 16.3. The molecule has 0 unspecified atom stereocenters. The van der Waals surface area contributed by atoms with Crippen molar-refractivity contribution in [3.63, 3.8) is 0 Å². The third kappa shape index (κ3) is 3.36. The van der Waals surface area contributed by atoms with Crippen LogP contribution in [0.2, 0.25) is 0 Å². The minimum absolute atomic E-state index is 0.361. The lowest BCUT2D eigenvalue weighted by Crippen LogP contribution is -2.16. The molecule has 3 nitrogen and oxygen atoms in total. The summed E-state index contributed by atoms with van der Waals surface area (Å²) in [5, 5.41) is 15.8. The van der Waals surface area contributed by atoms with Gasteiger partial charge in [-0.25, -0.2) is 0 Å². The summed E-state index contributed by atoms with van der Waals surface area (Å²) in [6.45, 7) is 2.58. The van der Waals surface area contributed by atoms with Gasteiger partial charge in [-0.2, -0.15) is 5.10 Å². The first-order chi connectivity index (χ1) is 12.3. The predicted octanol–water partition coefficient (Wildman–Crippen LogP) is 5.37. The van der Waals surface area contributed by atoms with Crippen molar-refractivity contribution >= 4 is 10.9 Å². The minimum Gasteiger partial charge on any atom is -0.396 e. The molecular formula is C22H32N2O. The van der Waals surface area contributed by atoms with E-state index >= 15 is 0 Å². The van der Waals surface area contributed by atoms with Crippen molar-refractivity contribution in [1.29, 1.82) is 0 Å². The first-order valence-corrected chi connectivity index (χ1v) is 10.4. The lowest BCUT2D eigenvalue weighted by Gasteiger charge is -2.28. The van der Waals surface area contributed by atoms with Crippen molar-refractivity contribution in [3.8, 4) is 0 Å². The highest BCUT2D eigenvalue weighted by molar-refractivity contribution is 5.83. The van der Waals surface area contributed by atoms with Crippen LogP contribution in [-0.2, 0) is 6.42 Å². The first kappa shape index (κ1) is 17.1. The van der Waals surface area contributed by atoms with E-state index in [1.54, 1.807) is 0 Å². The van der Waals surface area contributed by atoms with Crippen LogP contribution in [0.3, 0.4) is 0 Å². The topological polar surface area (TPSA) is 38.0 Å². The Hall–Kier alpha value is -1.35. The van der Waals surface area contributed by atoms with E-state index in [2.05, 4.69) is 29.8 Å². The Kier molecular flexibility index (Phi) is 5.12. The van der Waals surface area contributed by atoms with Crippen LogP contribution in [0.4, 0.5) is 0 Å². The van der Waals surface area contributed by atoms with Gasteiger partial charge < -0.3 is 5.11 Å². The van der Waals surface area contributed by atoms with E-state index in [1.165, 1.54) is 79.9 Å². The molecule has 0 amide bonds. The molecule has 2 aliphatic rings. The standard InChI is InChI=1S/C22H32N2O/c1-2-21-20-13-12-18(17-10-8-16(15-25)9-11-17)14-22(20)24(23-21)19-6-4-3-5-7-19/h12-14,16-17,19,25H,2-11,15H2,1H3. The number of aromatic nitrogens is 2. The van der Waals surface area contributed by atoms with Crippen LogP contribution >= 0.6 is 0 Å². The Morgan fingerprint density at radius 1 is 1.04 bits per heavy atom. The molecule has 0 atom stereocenters. The quantitative estimate of drug-likeness (QED) is 0.812. The van der Waals surface area contributed by atoms with Crippen LogP contribution in [-0.4, -0.2) is 21.5 Å². The SMILES string of the molecule is CCc1nn(C2CCCCC2)c2cc(C3CCC(CO)CC3)ccc12. The van der Waals surface area contributed by atoms with Crippen molar-refractivity contribution in [1.82, 2.24) is 9.78 Å². The third-order valence-electron chi connectivity index (χ3n) is 6.64. The van der Waals surface area contributed by atoms with Crippen LogP contribution in [0.15, 0.2) is 18.2 Å². The van der Waals surface area contributed by atoms with E-state index in [0.29, 0.717) is 24.5 Å². The van der Waals surface area contributed by atoms with Gasteiger partial charge in [-0.15, -0.1) is 0 Å². The summed E-state index contributed by atoms with van der Waals surface area (Å²) < 4.78 is 2.37. The number of rotatable bonds is 4. The van der Waals surface area contributed by atoms with Crippen LogP contribution in [0.25, 0.3) is 10.9 Å². The van der Waals surface area contributed by atoms with Crippen molar-refractivity contribution in [2.24, 2.45) is 5.92 Å². The number of benzene rings is 1. The van der Waals surface area contributed by atoms with Gasteiger partial charge in [0.15, 0.2) is 0 Å². The first-order valence-electron chi connectivity index (χ1n) is 10.4. The maximum absolute atomic E-state index is 9.39. The van der Waals surface area contributed by atoms with Crippen LogP contribution in [0, 0.1) is 5.92 Å². The summed E-state index contributed by atoms with van der Waals surface area (Å²) in [5.41, 5.74) is 4.12. The number of aliphatic hydroxyl groups is 1. The van der Waals surface area contributed by atoms with Gasteiger partial charge in [-0.05, 0) is 68.4 Å². The van der Waals surface area contributed by atoms with Gasteiger partial charge in [0.1, 0.15) is 0 Å². The molecule has 2 aliphatic carbocycles. The molecule has 4 rings (SSSR count). The van der Waals surface area contributed by atoms with E-state index in [-0.39, 0.29) is 0 Å². The fourth-order valence-corrected chi connectivity index (χ4v) is 5.02. The number of fused-ring (bicyclic) bond motifs is 1.